The average Bonchev–Trinajstić information content (AvgIpc) is 3.61. The zero-order valence-corrected chi connectivity index (χ0v) is 23.6. The number of benzene rings is 1. The van der Waals surface area contributed by atoms with Gasteiger partial charge in [-0.25, -0.2) is 9.78 Å². The summed E-state index contributed by atoms with van der Waals surface area (Å²) in [6, 6.07) is 14.3. The number of pyridine rings is 2. The molecule has 5 aromatic rings. The van der Waals surface area contributed by atoms with Crippen LogP contribution in [0.4, 0.5) is 5.82 Å². The summed E-state index contributed by atoms with van der Waals surface area (Å²) in [5.41, 5.74) is 3.36. The van der Waals surface area contributed by atoms with Crippen LogP contribution in [0.2, 0.25) is 5.02 Å². The normalized spacial score (nSPS) is 16.8. The lowest BCUT2D eigenvalue weighted by atomic mass is 9.85. The van der Waals surface area contributed by atoms with Crippen LogP contribution >= 0.6 is 11.6 Å². The number of imidazole rings is 1. The number of aromatic nitrogens is 6. The number of anilines is 1. The molecular formula is C30H29ClN8O3. The predicted octanol–water partition coefficient (Wildman–Crippen LogP) is 4.51. The smallest absolute Gasteiger partial charge is 0.333 e. The number of nitrogens with zero attached hydrogens (tertiary/aromatic N) is 5. The molecule has 42 heavy (non-hydrogen) atoms. The Morgan fingerprint density at radius 1 is 1.00 bits per heavy atom. The van der Waals surface area contributed by atoms with Gasteiger partial charge >= 0.3 is 5.69 Å². The van der Waals surface area contributed by atoms with Gasteiger partial charge < -0.3 is 10.6 Å². The highest BCUT2D eigenvalue weighted by Crippen LogP contribution is 2.28. The van der Waals surface area contributed by atoms with Crippen LogP contribution in [-0.4, -0.2) is 47.2 Å². The Kier molecular flexibility index (Phi) is 7.58. The van der Waals surface area contributed by atoms with E-state index in [1.165, 1.54) is 12.4 Å². The maximum absolute atomic E-state index is 13.8. The highest BCUT2D eigenvalue weighted by atomic mass is 35.5. The third-order valence-corrected chi connectivity index (χ3v) is 7.94. The zero-order chi connectivity index (χ0) is 29.2. The van der Waals surface area contributed by atoms with Gasteiger partial charge in [-0.2, -0.15) is 5.10 Å². The molecule has 12 heteroatoms. The third-order valence-electron chi connectivity index (χ3n) is 7.74. The van der Waals surface area contributed by atoms with Crippen LogP contribution in [0.15, 0.2) is 71.9 Å². The number of carbonyl (C=O) groups is 2. The van der Waals surface area contributed by atoms with E-state index in [2.05, 4.69) is 30.8 Å². The van der Waals surface area contributed by atoms with Gasteiger partial charge in [-0.05, 0) is 68.9 Å². The number of nitrogens with one attached hydrogen (secondary N) is 3. The summed E-state index contributed by atoms with van der Waals surface area (Å²) in [6.07, 6.45) is 8.08. The number of fused-ring (bicyclic) bond motifs is 1. The van der Waals surface area contributed by atoms with Crippen molar-refractivity contribution in [1.82, 2.24) is 34.6 Å². The van der Waals surface area contributed by atoms with Gasteiger partial charge in [0.1, 0.15) is 5.69 Å². The molecule has 0 radical (unpaired) electrons. The molecule has 0 saturated heterocycles. The van der Waals surface area contributed by atoms with E-state index in [0.717, 1.165) is 36.7 Å². The first-order chi connectivity index (χ1) is 20.4. The molecule has 214 valence electrons. The molecule has 1 aromatic carbocycles. The van der Waals surface area contributed by atoms with Crippen molar-refractivity contribution in [2.75, 3.05) is 5.32 Å². The van der Waals surface area contributed by atoms with E-state index in [4.69, 9.17) is 11.6 Å². The minimum atomic E-state index is -0.394. The van der Waals surface area contributed by atoms with Crippen LogP contribution in [0, 0.1) is 12.8 Å². The van der Waals surface area contributed by atoms with E-state index >= 15 is 0 Å². The Balaban J connectivity index is 1.16. The van der Waals surface area contributed by atoms with E-state index in [1.54, 1.807) is 42.0 Å². The SMILES string of the molecule is Cc1ncc(Cl)cc1C(=O)N[C@H]1CC[C@H](Cn2c(=O)n(-c3ccc(C(=O)Nc4cc[nH]n4)nc3)c3ccccc32)CC1. The lowest BCUT2D eigenvalue weighted by molar-refractivity contribution is 0.0918. The molecule has 6 rings (SSSR count). The lowest BCUT2D eigenvalue weighted by Gasteiger charge is -2.29. The zero-order valence-electron chi connectivity index (χ0n) is 22.9. The second-order valence-electron chi connectivity index (χ2n) is 10.5. The number of amides is 2. The molecule has 0 aliphatic heterocycles. The number of aryl methyl sites for hydroxylation is 1. The van der Waals surface area contributed by atoms with E-state index in [9.17, 15) is 14.4 Å². The summed E-state index contributed by atoms with van der Waals surface area (Å²) in [4.78, 5) is 47.6. The first kappa shape index (κ1) is 27.4. The van der Waals surface area contributed by atoms with E-state index < -0.39 is 5.91 Å². The largest absolute Gasteiger partial charge is 0.349 e. The molecular weight excluding hydrogens is 556 g/mol. The summed E-state index contributed by atoms with van der Waals surface area (Å²) in [5, 5.41) is 12.8. The number of H-pyrrole nitrogens is 1. The molecule has 2 amide bonds. The van der Waals surface area contributed by atoms with Gasteiger partial charge in [0, 0.05) is 31.0 Å². The summed E-state index contributed by atoms with van der Waals surface area (Å²) in [6.45, 7) is 2.36. The molecule has 11 nitrogen and oxygen atoms in total. The number of hydrogen-bond acceptors (Lipinski definition) is 6. The van der Waals surface area contributed by atoms with Gasteiger partial charge in [0.15, 0.2) is 5.82 Å². The van der Waals surface area contributed by atoms with Crippen LogP contribution in [0.5, 0.6) is 0 Å². The summed E-state index contributed by atoms with van der Waals surface area (Å²) < 4.78 is 3.45. The lowest BCUT2D eigenvalue weighted by Crippen LogP contribution is -2.39. The van der Waals surface area contributed by atoms with Gasteiger partial charge in [0.05, 0.1) is 39.2 Å². The van der Waals surface area contributed by atoms with Crippen LogP contribution in [0.1, 0.15) is 52.2 Å². The minimum absolute atomic E-state index is 0.0556. The highest BCUT2D eigenvalue weighted by molar-refractivity contribution is 6.30. The molecule has 3 N–H and O–H groups in total. The molecule has 4 heterocycles. The molecule has 1 saturated carbocycles. The number of rotatable bonds is 7. The van der Waals surface area contributed by atoms with Gasteiger partial charge in [0.25, 0.3) is 11.8 Å². The van der Waals surface area contributed by atoms with Crippen LogP contribution < -0.4 is 16.3 Å². The Morgan fingerprint density at radius 2 is 1.79 bits per heavy atom. The number of hydrogen-bond donors (Lipinski definition) is 3. The van der Waals surface area contributed by atoms with Crippen molar-refractivity contribution in [3.05, 3.63) is 99.6 Å². The Hall–Kier alpha value is -4.77. The fourth-order valence-corrected chi connectivity index (χ4v) is 5.70. The molecule has 0 bridgehead atoms. The summed E-state index contributed by atoms with van der Waals surface area (Å²) in [7, 11) is 0. The Morgan fingerprint density at radius 3 is 2.50 bits per heavy atom. The molecule has 4 aromatic heterocycles. The van der Waals surface area contributed by atoms with Gasteiger partial charge in [-0.1, -0.05) is 23.7 Å². The Bertz CT molecular complexity index is 1800. The molecule has 0 atom stereocenters. The van der Waals surface area contributed by atoms with Crippen LogP contribution in [0.25, 0.3) is 16.7 Å². The number of halogens is 1. The first-order valence-corrected chi connectivity index (χ1v) is 14.2. The molecule has 0 unspecified atom stereocenters. The maximum atomic E-state index is 13.8. The second-order valence-corrected chi connectivity index (χ2v) is 10.9. The maximum Gasteiger partial charge on any atom is 0.333 e. The fourth-order valence-electron chi connectivity index (χ4n) is 5.55. The van der Waals surface area contributed by atoms with Gasteiger partial charge in [-0.15, -0.1) is 0 Å². The highest BCUT2D eigenvalue weighted by Gasteiger charge is 2.26. The van der Waals surface area contributed by atoms with E-state index in [-0.39, 0.29) is 29.3 Å². The quantitative estimate of drug-likeness (QED) is 0.257. The second kappa shape index (κ2) is 11.6. The number of aromatic amines is 1. The molecule has 1 fully saturated rings. The summed E-state index contributed by atoms with van der Waals surface area (Å²) in [5.74, 6) is 0.129. The van der Waals surface area contributed by atoms with Crippen molar-refractivity contribution < 1.29 is 9.59 Å². The Labute approximate surface area is 246 Å². The van der Waals surface area contributed by atoms with Gasteiger partial charge in [0.2, 0.25) is 0 Å². The molecule has 1 aliphatic carbocycles. The van der Waals surface area contributed by atoms with E-state index in [1.807, 2.05) is 28.8 Å². The number of para-hydroxylation sites is 2. The van der Waals surface area contributed by atoms with Crippen LogP contribution in [-0.2, 0) is 6.54 Å². The van der Waals surface area contributed by atoms with Crippen molar-refractivity contribution in [3.63, 3.8) is 0 Å². The van der Waals surface area contributed by atoms with Crippen molar-refractivity contribution >= 4 is 40.3 Å². The van der Waals surface area contributed by atoms with Crippen molar-refractivity contribution in [2.24, 2.45) is 5.92 Å². The van der Waals surface area contributed by atoms with Crippen molar-refractivity contribution in [2.45, 2.75) is 45.2 Å². The molecule has 1 aliphatic rings. The van der Waals surface area contributed by atoms with E-state index in [0.29, 0.717) is 34.3 Å². The third kappa shape index (κ3) is 5.55. The predicted molar refractivity (Wildman–Crippen MR) is 159 cm³/mol. The topological polar surface area (TPSA) is 140 Å². The van der Waals surface area contributed by atoms with Crippen molar-refractivity contribution in [3.8, 4) is 5.69 Å². The monoisotopic (exact) mass is 584 g/mol. The van der Waals surface area contributed by atoms with Crippen LogP contribution in [0.3, 0.4) is 0 Å². The minimum Gasteiger partial charge on any atom is -0.349 e. The van der Waals surface area contributed by atoms with Crippen molar-refractivity contribution in [1.29, 1.82) is 0 Å². The fraction of sp³-hybridized carbons (Fsp3) is 0.267. The standard InChI is InChI=1S/C30H29ClN8O3/c1-18-23(14-20(31)15-32-18)28(40)35-21-8-6-19(7-9-21)17-38-25-4-2-3-5-26(25)39(30(38)42)22-10-11-24(33-16-22)29(41)36-27-12-13-34-37-27/h2-5,10-16,19,21H,6-9,17H2,1H3,(H,35,40)(H2,34,36,37,41)/t19-,21-. The molecule has 0 spiro atoms. The summed E-state index contributed by atoms with van der Waals surface area (Å²) >= 11 is 6.04. The average molecular weight is 585 g/mol. The van der Waals surface area contributed by atoms with Gasteiger partial charge in [-0.3, -0.25) is 28.8 Å². The first-order valence-electron chi connectivity index (χ1n) is 13.8. The number of carbonyl (C=O) groups excluding carboxylic acids is 2.